The van der Waals surface area contributed by atoms with Crippen LogP contribution in [0.1, 0.15) is 12.8 Å². The first-order valence-corrected chi connectivity index (χ1v) is 3.24. The summed E-state index contributed by atoms with van der Waals surface area (Å²) in [7, 11) is 0. The summed E-state index contributed by atoms with van der Waals surface area (Å²) in [6.45, 7) is 0.922. The van der Waals surface area contributed by atoms with Gasteiger partial charge in [0.25, 0.3) is 0 Å². The van der Waals surface area contributed by atoms with Crippen LogP contribution < -0.4 is 5.32 Å². The molecule has 0 spiro atoms. The van der Waals surface area contributed by atoms with E-state index in [-0.39, 0.29) is 0 Å². The molecule has 3 atom stereocenters. The zero-order valence-corrected chi connectivity index (χ0v) is 4.73. The number of halogens is 1. The van der Waals surface area contributed by atoms with Crippen molar-refractivity contribution in [1.29, 1.82) is 0 Å². The Labute approximate surface area is 48.3 Å². The number of hydrogen-bond acceptors (Lipinski definition) is 1. The second-order valence-electron chi connectivity index (χ2n) is 2.85. The summed E-state index contributed by atoms with van der Waals surface area (Å²) in [6, 6.07) is 0.523. The lowest BCUT2D eigenvalue weighted by Gasteiger charge is -2.13. The fourth-order valence-electron chi connectivity index (χ4n) is 1.77. The molecule has 1 heterocycles. The van der Waals surface area contributed by atoms with E-state index in [9.17, 15) is 4.39 Å². The average Bonchev–Trinajstić information content (AvgIpc) is 2.23. The maximum absolute atomic E-state index is 12.6. The summed E-state index contributed by atoms with van der Waals surface area (Å²) < 4.78 is 12.6. The normalized spacial score (nSPS) is 52.9. The van der Waals surface area contributed by atoms with Crippen molar-refractivity contribution in [2.24, 2.45) is 5.92 Å². The van der Waals surface area contributed by atoms with Gasteiger partial charge >= 0.3 is 0 Å². The molecule has 0 amide bonds. The van der Waals surface area contributed by atoms with Crippen molar-refractivity contribution >= 4 is 0 Å². The first-order valence-electron chi connectivity index (χ1n) is 3.24. The summed E-state index contributed by atoms with van der Waals surface area (Å²) in [4.78, 5) is 0. The van der Waals surface area contributed by atoms with Crippen molar-refractivity contribution in [2.75, 3.05) is 6.54 Å². The zero-order chi connectivity index (χ0) is 5.56. The lowest BCUT2D eigenvalue weighted by atomic mass is 10.1. The van der Waals surface area contributed by atoms with E-state index >= 15 is 0 Å². The first-order chi connectivity index (χ1) is 3.86. The molecule has 8 heavy (non-hydrogen) atoms. The lowest BCUT2D eigenvalue weighted by Crippen LogP contribution is -2.30. The van der Waals surface area contributed by atoms with E-state index in [1.54, 1.807) is 0 Å². The Kier molecular flexibility index (Phi) is 0.852. The van der Waals surface area contributed by atoms with Gasteiger partial charge in [-0.05, 0) is 12.8 Å². The molecule has 0 aromatic heterocycles. The summed E-state index contributed by atoms with van der Waals surface area (Å²) in [5.74, 6) is 0.361. The predicted molar refractivity (Wildman–Crippen MR) is 29.4 cm³/mol. The fraction of sp³-hybridized carbons (Fsp3) is 1.00. The largest absolute Gasteiger partial charge is 0.313 e. The molecule has 0 radical (unpaired) electrons. The van der Waals surface area contributed by atoms with Gasteiger partial charge < -0.3 is 5.32 Å². The number of fused-ring (bicyclic) bond motifs is 2. The second-order valence-corrected chi connectivity index (χ2v) is 2.85. The van der Waals surface area contributed by atoms with Crippen molar-refractivity contribution in [2.45, 2.75) is 25.1 Å². The number of nitrogens with one attached hydrogen (secondary N) is 1. The molecule has 1 N–H and O–H groups in total. The summed E-state index contributed by atoms with van der Waals surface area (Å²) in [5.41, 5.74) is 0. The van der Waals surface area contributed by atoms with Crippen molar-refractivity contribution in [3.05, 3.63) is 0 Å². The molecule has 1 saturated heterocycles. The Balaban J connectivity index is 2.11. The zero-order valence-electron chi connectivity index (χ0n) is 4.73. The highest BCUT2D eigenvalue weighted by Gasteiger charge is 2.39. The second kappa shape index (κ2) is 1.44. The van der Waals surface area contributed by atoms with Crippen LogP contribution in [0.3, 0.4) is 0 Å². The number of alkyl halides is 1. The van der Waals surface area contributed by atoms with Gasteiger partial charge in [-0.15, -0.1) is 0 Å². The van der Waals surface area contributed by atoms with Crippen LogP contribution in [0, 0.1) is 5.92 Å². The minimum atomic E-state index is -0.485. The quantitative estimate of drug-likeness (QED) is 0.490. The predicted octanol–water partition coefficient (Wildman–Crippen LogP) is 0.706. The third-order valence-corrected chi connectivity index (χ3v) is 2.28. The fourth-order valence-corrected chi connectivity index (χ4v) is 1.77. The summed E-state index contributed by atoms with van der Waals surface area (Å²) in [5, 5.41) is 3.25. The molecule has 2 fully saturated rings. The van der Waals surface area contributed by atoms with Gasteiger partial charge in [0.05, 0.1) is 0 Å². The minimum Gasteiger partial charge on any atom is -0.313 e. The summed E-state index contributed by atoms with van der Waals surface area (Å²) in [6.07, 6.45) is 1.37. The van der Waals surface area contributed by atoms with E-state index in [2.05, 4.69) is 5.32 Å². The van der Waals surface area contributed by atoms with Crippen LogP contribution in [0.15, 0.2) is 0 Å². The van der Waals surface area contributed by atoms with E-state index in [0.29, 0.717) is 12.0 Å². The molecule has 0 aromatic carbocycles. The highest BCUT2D eigenvalue weighted by atomic mass is 19.1. The van der Waals surface area contributed by atoms with Crippen molar-refractivity contribution in [3.8, 4) is 0 Å². The van der Waals surface area contributed by atoms with Crippen LogP contribution in [0.25, 0.3) is 0 Å². The maximum atomic E-state index is 12.6. The third-order valence-electron chi connectivity index (χ3n) is 2.28. The van der Waals surface area contributed by atoms with E-state index in [4.69, 9.17) is 0 Å². The van der Waals surface area contributed by atoms with Gasteiger partial charge in [-0.2, -0.15) is 0 Å². The number of rotatable bonds is 0. The number of piperidine rings is 1. The van der Waals surface area contributed by atoms with E-state index < -0.39 is 6.17 Å². The van der Waals surface area contributed by atoms with E-state index in [1.165, 1.54) is 0 Å². The molecule has 2 aliphatic rings. The minimum absolute atomic E-state index is 0.361. The molecule has 1 saturated carbocycles. The van der Waals surface area contributed by atoms with Gasteiger partial charge in [-0.1, -0.05) is 0 Å². The lowest BCUT2D eigenvalue weighted by molar-refractivity contribution is 0.242. The highest BCUT2D eigenvalue weighted by Crippen LogP contribution is 2.32. The molecule has 46 valence electrons. The van der Waals surface area contributed by atoms with Gasteiger partial charge in [0.15, 0.2) is 0 Å². The smallest absolute Gasteiger partial charge is 0.106 e. The standard InChI is InChI=1S/C6H10FN/c7-6-2-5-1-4(6)3-8-5/h4-6,8H,1-3H2/t4-,5-,6?/m1/s1. The van der Waals surface area contributed by atoms with Crippen molar-refractivity contribution in [3.63, 3.8) is 0 Å². The maximum Gasteiger partial charge on any atom is 0.106 e. The Bertz CT molecular complexity index is 103. The molecular weight excluding hydrogens is 105 g/mol. The van der Waals surface area contributed by atoms with Gasteiger partial charge in [-0.25, -0.2) is 4.39 Å². The van der Waals surface area contributed by atoms with Gasteiger partial charge in [0.2, 0.25) is 0 Å². The molecule has 0 aromatic rings. The molecule has 2 rings (SSSR count). The third kappa shape index (κ3) is 0.494. The van der Waals surface area contributed by atoms with Crippen LogP contribution >= 0.6 is 0 Å². The van der Waals surface area contributed by atoms with Crippen LogP contribution in [-0.4, -0.2) is 18.8 Å². The molecule has 2 heteroatoms. The van der Waals surface area contributed by atoms with Crippen LogP contribution in [-0.2, 0) is 0 Å². The molecule has 2 bridgehead atoms. The summed E-state index contributed by atoms with van der Waals surface area (Å²) >= 11 is 0. The Morgan fingerprint density at radius 1 is 1.38 bits per heavy atom. The molecular formula is C6H10FN. The Morgan fingerprint density at radius 2 is 2.25 bits per heavy atom. The van der Waals surface area contributed by atoms with Crippen molar-refractivity contribution in [1.82, 2.24) is 5.32 Å². The SMILES string of the molecule is FC1C[C@H]2C[C@@H]1CN2. The molecule has 1 aliphatic carbocycles. The van der Waals surface area contributed by atoms with Crippen LogP contribution in [0.4, 0.5) is 4.39 Å². The van der Waals surface area contributed by atoms with Crippen LogP contribution in [0.2, 0.25) is 0 Å². The molecule has 1 nitrogen and oxygen atoms in total. The van der Waals surface area contributed by atoms with Gasteiger partial charge in [0.1, 0.15) is 6.17 Å². The average molecular weight is 115 g/mol. The highest BCUT2D eigenvalue weighted by molar-refractivity contribution is 4.95. The topological polar surface area (TPSA) is 12.0 Å². The first kappa shape index (κ1) is 4.74. The monoisotopic (exact) mass is 115 g/mol. The van der Waals surface area contributed by atoms with E-state index in [0.717, 1.165) is 19.4 Å². The Morgan fingerprint density at radius 3 is 2.50 bits per heavy atom. The number of hydrogen-bond donors (Lipinski definition) is 1. The Hall–Kier alpha value is -0.110. The molecule has 1 aliphatic heterocycles. The van der Waals surface area contributed by atoms with Gasteiger partial charge in [0, 0.05) is 18.5 Å². The van der Waals surface area contributed by atoms with Crippen LogP contribution in [0.5, 0.6) is 0 Å². The van der Waals surface area contributed by atoms with E-state index in [1.807, 2.05) is 0 Å². The van der Waals surface area contributed by atoms with Crippen molar-refractivity contribution < 1.29 is 4.39 Å². The van der Waals surface area contributed by atoms with Gasteiger partial charge in [-0.3, -0.25) is 0 Å². The molecule has 1 unspecified atom stereocenters.